The molecule has 0 aliphatic rings. The Morgan fingerprint density at radius 3 is 2.68 bits per heavy atom. The van der Waals surface area contributed by atoms with Crippen molar-refractivity contribution in [1.82, 2.24) is 10.1 Å². The van der Waals surface area contributed by atoms with Crippen molar-refractivity contribution in [2.75, 3.05) is 5.32 Å². The van der Waals surface area contributed by atoms with E-state index in [4.69, 9.17) is 20.9 Å². The quantitative estimate of drug-likeness (QED) is 0.743. The summed E-state index contributed by atoms with van der Waals surface area (Å²) in [6.45, 7) is 3.55. The maximum Gasteiger partial charge on any atom is 0.270 e. The first-order valence-corrected chi connectivity index (χ1v) is 8.04. The zero-order chi connectivity index (χ0) is 17.8. The lowest BCUT2D eigenvalue weighted by atomic mass is 10.1. The standard InChI is InChI=1S/C18H16ClN3O3/c1-11-7-3-4-8-13(11)17-21-18(22-25-17)20-16(23)12(2)24-15-10-6-5-9-14(15)19/h3-10,12H,1-2H3,(H,20,22,23). The topological polar surface area (TPSA) is 77.2 Å². The minimum absolute atomic E-state index is 0.0814. The molecule has 3 rings (SSSR count). The summed E-state index contributed by atoms with van der Waals surface area (Å²) >= 11 is 6.02. The van der Waals surface area contributed by atoms with Crippen LogP contribution in [0.3, 0.4) is 0 Å². The number of carbonyl (C=O) groups excluding carboxylic acids is 1. The lowest BCUT2D eigenvalue weighted by Gasteiger charge is -2.14. The van der Waals surface area contributed by atoms with Crippen LogP contribution in [0, 0.1) is 6.92 Å². The number of rotatable bonds is 5. The van der Waals surface area contributed by atoms with E-state index in [0.717, 1.165) is 11.1 Å². The van der Waals surface area contributed by atoms with Crippen molar-refractivity contribution in [3.05, 3.63) is 59.1 Å². The number of ether oxygens (including phenoxy) is 1. The largest absolute Gasteiger partial charge is 0.479 e. The van der Waals surface area contributed by atoms with Crippen molar-refractivity contribution in [3.63, 3.8) is 0 Å². The Bertz CT molecular complexity index is 895. The second-order valence-corrected chi connectivity index (χ2v) is 5.83. The summed E-state index contributed by atoms with van der Waals surface area (Å²) in [6.07, 6.45) is -0.777. The van der Waals surface area contributed by atoms with Gasteiger partial charge in [-0.25, -0.2) is 0 Å². The Morgan fingerprint density at radius 2 is 1.92 bits per heavy atom. The first-order chi connectivity index (χ1) is 12.0. The molecule has 1 atom stereocenters. The van der Waals surface area contributed by atoms with Gasteiger partial charge in [0.15, 0.2) is 6.10 Å². The number of nitrogens with one attached hydrogen (secondary N) is 1. The van der Waals surface area contributed by atoms with Crippen molar-refractivity contribution in [2.24, 2.45) is 0 Å². The number of benzene rings is 2. The molecular weight excluding hydrogens is 342 g/mol. The molecular formula is C18H16ClN3O3. The Hall–Kier alpha value is -2.86. The highest BCUT2D eigenvalue weighted by Gasteiger charge is 2.19. The van der Waals surface area contributed by atoms with Crippen LogP contribution in [0.4, 0.5) is 5.95 Å². The Balaban J connectivity index is 1.67. The van der Waals surface area contributed by atoms with E-state index in [2.05, 4.69) is 15.5 Å². The molecule has 128 valence electrons. The fourth-order valence-electron chi connectivity index (χ4n) is 2.19. The summed E-state index contributed by atoms with van der Waals surface area (Å²) in [5, 5.41) is 6.78. The zero-order valence-electron chi connectivity index (χ0n) is 13.7. The number of aryl methyl sites for hydroxylation is 1. The van der Waals surface area contributed by atoms with Gasteiger partial charge in [0.05, 0.1) is 5.02 Å². The van der Waals surface area contributed by atoms with Gasteiger partial charge in [0.25, 0.3) is 17.7 Å². The van der Waals surface area contributed by atoms with Crippen molar-refractivity contribution in [3.8, 4) is 17.2 Å². The normalized spacial score (nSPS) is 11.8. The van der Waals surface area contributed by atoms with E-state index in [1.54, 1.807) is 31.2 Å². The third-order valence-electron chi connectivity index (χ3n) is 3.55. The Morgan fingerprint density at radius 1 is 1.20 bits per heavy atom. The molecule has 3 aromatic rings. The van der Waals surface area contributed by atoms with Crippen LogP contribution in [-0.4, -0.2) is 22.2 Å². The van der Waals surface area contributed by atoms with Crippen molar-refractivity contribution < 1.29 is 14.1 Å². The molecule has 0 spiro atoms. The molecule has 25 heavy (non-hydrogen) atoms. The predicted molar refractivity (Wildman–Crippen MR) is 94.6 cm³/mol. The summed E-state index contributed by atoms with van der Waals surface area (Å²) < 4.78 is 10.8. The van der Waals surface area contributed by atoms with E-state index in [-0.39, 0.29) is 5.95 Å². The van der Waals surface area contributed by atoms with Gasteiger partial charge in [0, 0.05) is 5.56 Å². The monoisotopic (exact) mass is 357 g/mol. The Labute approximate surface area is 149 Å². The SMILES string of the molecule is Cc1ccccc1-c1nc(NC(=O)C(C)Oc2ccccc2Cl)no1. The van der Waals surface area contributed by atoms with Crippen molar-refractivity contribution >= 4 is 23.5 Å². The third kappa shape index (κ3) is 3.97. The van der Waals surface area contributed by atoms with E-state index in [0.29, 0.717) is 16.7 Å². The molecule has 1 amide bonds. The van der Waals surface area contributed by atoms with E-state index in [9.17, 15) is 4.79 Å². The van der Waals surface area contributed by atoms with Crippen LogP contribution in [0.2, 0.25) is 5.02 Å². The van der Waals surface area contributed by atoms with E-state index in [1.807, 2.05) is 31.2 Å². The minimum Gasteiger partial charge on any atom is -0.479 e. The predicted octanol–water partition coefficient (Wildman–Crippen LogP) is 4.10. The lowest BCUT2D eigenvalue weighted by molar-refractivity contribution is -0.122. The number of para-hydroxylation sites is 1. The molecule has 7 heteroatoms. The molecule has 0 aliphatic heterocycles. The summed E-state index contributed by atoms with van der Waals surface area (Å²) in [5.74, 6) is 0.448. The molecule has 6 nitrogen and oxygen atoms in total. The maximum atomic E-state index is 12.2. The molecule has 1 N–H and O–H groups in total. The number of hydrogen-bond acceptors (Lipinski definition) is 5. The lowest BCUT2D eigenvalue weighted by Crippen LogP contribution is -2.30. The van der Waals surface area contributed by atoms with Crippen molar-refractivity contribution in [2.45, 2.75) is 20.0 Å². The van der Waals surface area contributed by atoms with Crippen LogP contribution in [0.5, 0.6) is 5.75 Å². The summed E-state index contributed by atoms with van der Waals surface area (Å²) in [5.41, 5.74) is 1.82. The fraction of sp³-hybridized carbons (Fsp3) is 0.167. The van der Waals surface area contributed by atoms with Crippen LogP contribution in [0.25, 0.3) is 11.5 Å². The molecule has 1 unspecified atom stereocenters. The summed E-state index contributed by atoms with van der Waals surface area (Å²) in [6, 6.07) is 14.6. The van der Waals surface area contributed by atoms with Crippen LogP contribution >= 0.6 is 11.6 Å². The van der Waals surface area contributed by atoms with Gasteiger partial charge in [-0.3, -0.25) is 10.1 Å². The number of anilines is 1. The number of nitrogens with zero attached hydrogens (tertiary/aromatic N) is 2. The van der Waals surface area contributed by atoms with E-state index in [1.165, 1.54) is 0 Å². The molecule has 2 aromatic carbocycles. The smallest absolute Gasteiger partial charge is 0.270 e. The van der Waals surface area contributed by atoms with Crippen LogP contribution in [-0.2, 0) is 4.79 Å². The summed E-state index contributed by atoms with van der Waals surface area (Å²) in [7, 11) is 0. The molecule has 0 saturated carbocycles. The fourth-order valence-corrected chi connectivity index (χ4v) is 2.37. The highest BCUT2D eigenvalue weighted by molar-refractivity contribution is 6.32. The first kappa shape index (κ1) is 17.0. The number of carbonyl (C=O) groups is 1. The second kappa shape index (κ2) is 7.36. The molecule has 0 saturated heterocycles. The van der Waals surface area contributed by atoms with Gasteiger partial charge in [0.2, 0.25) is 0 Å². The van der Waals surface area contributed by atoms with E-state index < -0.39 is 12.0 Å². The Kier molecular flexibility index (Phi) is 5.00. The first-order valence-electron chi connectivity index (χ1n) is 7.66. The van der Waals surface area contributed by atoms with Gasteiger partial charge in [-0.05, 0) is 42.8 Å². The van der Waals surface area contributed by atoms with Gasteiger partial charge in [0.1, 0.15) is 5.75 Å². The van der Waals surface area contributed by atoms with Gasteiger partial charge in [-0.2, -0.15) is 4.98 Å². The van der Waals surface area contributed by atoms with Crippen molar-refractivity contribution in [1.29, 1.82) is 0 Å². The molecule has 0 fully saturated rings. The van der Waals surface area contributed by atoms with Crippen LogP contribution in [0.1, 0.15) is 12.5 Å². The van der Waals surface area contributed by atoms with Gasteiger partial charge in [-0.1, -0.05) is 41.9 Å². The molecule has 0 bridgehead atoms. The number of aromatic nitrogens is 2. The number of hydrogen-bond donors (Lipinski definition) is 1. The maximum absolute atomic E-state index is 12.2. The average Bonchev–Trinajstić information content (AvgIpc) is 3.05. The van der Waals surface area contributed by atoms with Gasteiger partial charge >= 0.3 is 0 Å². The number of amides is 1. The van der Waals surface area contributed by atoms with Gasteiger partial charge < -0.3 is 9.26 Å². The molecule has 1 heterocycles. The minimum atomic E-state index is -0.777. The second-order valence-electron chi connectivity index (χ2n) is 5.42. The number of halogens is 1. The van der Waals surface area contributed by atoms with Crippen LogP contribution in [0.15, 0.2) is 53.1 Å². The van der Waals surface area contributed by atoms with Gasteiger partial charge in [-0.15, -0.1) is 0 Å². The average molecular weight is 358 g/mol. The highest BCUT2D eigenvalue weighted by atomic mass is 35.5. The van der Waals surface area contributed by atoms with Crippen LogP contribution < -0.4 is 10.1 Å². The third-order valence-corrected chi connectivity index (χ3v) is 3.86. The molecule has 0 aliphatic carbocycles. The van der Waals surface area contributed by atoms with E-state index >= 15 is 0 Å². The zero-order valence-corrected chi connectivity index (χ0v) is 14.4. The molecule has 1 aromatic heterocycles. The summed E-state index contributed by atoms with van der Waals surface area (Å²) in [4.78, 5) is 16.4. The highest BCUT2D eigenvalue weighted by Crippen LogP contribution is 2.25. The molecule has 0 radical (unpaired) electrons.